The molecule has 1 aliphatic heterocycles. The van der Waals surface area contributed by atoms with E-state index in [-0.39, 0.29) is 12.1 Å². The van der Waals surface area contributed by atoms with Gasteiger partial charge in [0, 0.05) is 36.5 Å². The van der Waals surface area contributed by atoms with Crippen molar-refractivity contribution < 1.29 is 31.3 Å². The summed E-state index contributed by atoms with van der Waals surface area (Å²) in [7, 11) is -2.50. The quantitative estimate of drug-likeness (QED) is 0.126. The molecule has 9 heteroatoms. The van der Waals surface area contributed by atoms with Crippen molar-refractivity contribution in [1.82, 2.24) is 0 Å². The molecule has 4 nitrogen and oxygen atoms in total. The number of para-hydroxylation sites is 2. The molecule has 0 saturated carbocycles. The summed E-state index contributed by atoms with van der Waals surface area (Å²) in [5, 5.41) is 0. The summed E-state index contributed by atoms with van der Waals surface area (Å²) < 4.78 is 52.6. The predicted molar refractivity (Wildman–Crippen MR) is 151 cm³/mol. The summed E-state index contributed by atoms with van der Waals surface area (Å²) in [6, 6.07) is 38.7. The van der Waals surface area contributed by atoms with E-state index in [1.165, 1.54) is 11.1 Å². The van der Waals surface area contributed by atoms with Crippen molar-refractivity contribution in [3.63, 3.8) is 0 Å². The molecule has 2 unspecified atom stereocenters. The van der Waals surface area contributed by atoms with Gasteiger partial charge in [0.15, 0.2) is 12.1 Å². The Bertz CT molecular complexity index is 1400. The topological polar surface area (TPSA) is 24.7 Å². The standard InChI is InChI=1S/C31H31N2O2.BF4/c1-34-21-26-17-9-11-19-28(26)32-23-33(29-20-12-10-18-27(29)22-35-2)31(25-15-7-4-8-16-25)30(32)24-13-5-3-6-14-24;2-1(3,4)5/h3-20,23,30-31H,21-22H2,1-2H3;/q+1;-1. The van der Waals surface area contributed by atoms with Gasteiger partial charge in [0.2, 0.25) is 6.34 Å². The fraction of sp³-hybridized carbons (Fsp3) is 0.194. The summed E-state index contributed by atoms with van der Waals surface area (Å²) in [4.78, 5) is 2.41. The third-order valence-corrected chi connectivity index (χ3v) is 6.57. The molecule has 0 spiro atoms. The molecule has 5 rings (SSSR count). The Morgan fingerprint density at radius 3 is 1.73 bits per heavy atom. The lowest BCUT2D eigenvalue weighted by atomic mass is 9.92. The van der Waals surface area contributed by atoms with Crippen LogP contribution in [0.15, 0.2) is 109 Å². The second kappa shape index (κ2) is 13.4. The van der Waals surface area contributed by atoms with E-state index >= 15 is 0 Å². The van der Waals surface area contributed by atoms with Crippen LogP contribution >= 0.6 is 0 Å². The van der Waals surface area contributed by atoms with E-state index < -0.39 is 7.25 Å². The largest absolute Gasteiger partial charge is 0.673 e. The number of anilines is 1. The first-order valence-corrected chi connectivity index (χ1v) is 12.8. The summed E-state index contributed by atoms with van der Waals surface area (Å²) in [6.45, 7) is 1.11. The van der Waals surface area contributed by atoms with Crippen LogP contribution in [0, 0.1) is 0 Å². The van der Waals surface area contributed by atoms with Crippen molar-refractivity contribution in [3.8, 4) is 0 Å². The van der Waals surface area contributed by atoms with Gasteiger partial charge in [-0.15, -0.1) is 0 Å². The maximum Gasteiger partial charge on any atom is 0.673 e. The van der Waals surface area contributed by atoms with Crippen molar-refractivity contribution in [3.05, 3.63) is 131 Å². The van der Waals surface area contributed by atoms with E-state index in [9.17, 15) is 17.3 Å². The van der Waals surface area contributed by atoms with Gasteiger partial charge in [0.1, 0.15) is 11.4 Å². The van der Waals surface area contributed by atoms with E-state index in [0.717, 1.165) is 22.5 Å². The van der Waals surface area contributed by atoms with Gasteiger partial charge in [0.25, 0.3) is 0 Å². The van der Waals surface area contributed by atoms with Crippen LogP contribution in [-0.4, -0.2) is 32.4 Å². The molecule has 0 aliphatic carbocycles. The zero-order valence-electron chi connectivity index (χ0n) is 22.3. The molecular weight excluding hydrogens is 519 g/mol. The SMILES string of the molecule is COCc1ccccc1N1C=[N+](c2ccccc2COC)C(c2ccccc2)C1c1ccccc1.F[B-](F)(F)F. The van der Waals surface area contributed by atoms with Crippen LogP contribution in [0.3, 0.4) is 0 Å². The number of rotatable bonds is 8. The maximum absolute atomic E-state index is 9.75. The highest BCUT2D eigenvalue weighted by atomic mass is 19.5. The van der Waals surface area contributed by atoms with Crippen molar-refractivity contribution in [1.29, 1.82) is 0 Å². The van der Waals surface area contributed by atoms with Gasteiger partial charge < -0.3 is 26.7 Å². The minimum absolute atomic E-state index is 0.0622. The molecular formula is C31H31BF4N2O2. The van der Waals surface area contributed by atoms with Gasteiger partial charge in [-0.2, -0.15) is 0 Å². The van der Waals surface area contributed by atoms with Gasteiger partial charge in [-0.1, -0.05) is 97.1 Å². The molecule has 0 amide bonds. The number of hydrogen-bond acceptors (Lipinski definition) is 3. The maximum atomic E-state index is 9.75. The molecule has 1 heterocycles. The molecule has 208 valence electrons. The summed E-state index contributed by atoms with van der Waals surface area (Å²) in [5.74, 6) is 0. The van der Waals surface area contributed by atoms with Crippen molar-refractivity contribution in [2.75, 3.05) is 19.1 Å². The molecule has 0 radical (unpaired) electrons. The molecule has 0 saturated heterocycles. The zero-order chi connectivity index (χ0) is 28.5. The second-order valence-corrected chi connectivity index (χ2v) is 9.26. The Kier molecular flexibility index (Phi) is 9.74. The van der Waals surface area contributed by atoms with E-state index in [1.54, 1.807) is 14.2 Å². The molecule has 0 fully saturated rings. The lowest BCUT2D eigenvalue weighted by Gasteiger charge is -2.25. The number of ether oxygens (including phenoxy) is 2. The lowest BCUT2D eigenvalue weighted by molar-refractivity contribution is -0.482. The van der Waals surface area contributed by atoms with Gasteiger partial charge in [-0.05, 0) is 12.1 Å². The number of halogens is 4. The minimum Gasteiger partial charge on any atom is -0.418 e. The fourth-order valence-electron chi connectivity index (χ4n) is 5.07. The van der Waals surface area contributed by atoms with Crippen LogP contribution in [0.1, 0.15) is 34.3 Å². The first-order chi connectivity index (χ1) is 19.3. The Morgan fingerprint density at radius 2 is 1.12 bits per heavy atom. The fourth-order valence-corrected chi connectivity index (χ4v) is 5.07. The third-order valence-electron chi connectivity index (χ3n) is 6.57. The molecule has 2 atom stereocenters. The molecule has 0 N–H and O–H groups in total. The predicted octanol–water partition coefficient (Wildman–Crippen LogP) is 7.95. The Hall–Kier alpha value is -3.95. The van der Waals surface area contributed by atoms with Crippen LogP contribution < -0.4 is 4.90 Å². The van der Waals surface area contributed by atoms with Gasteiger partial charge in [0.05, 0.1) is 13.2 Å². The Morgan fingerprint density at radius 1 is 0.650 bits per heavy atom. The number of hydrogen-bond donors (Lipinski definition) is 0. The first-order valence-electron chi connectivity index (χ1n) is 12.8. The smallest absolute Gasteiger partial charge is 0.418 e. The van der Waals surface area contributed by atoms with Crippen LogP contribution in [0.2, 0.25) is 0 Å². The van der Waals surface area contributed by atoms with Crippen LogP contribution in [0.4, 0.5) is 28.6 Å². The highest BCUT2D eigenvalue weighted by Crippen LogP contribution is 2.46. The average Bonchev–Trinajstić information content (AvgIpc) is 3.34. The summed E-state index contributed by atoms with van der Waals surface area (Å²) >= 11 is 0. The highest BCUT2D eigenvalue weighted by molar-refractivity contribution is 6.50. The van der Waals surface area contributed by atoms with E-state index in [4.69, 9.17) is 9.47 Å². The van der Waals surface area contributed by atoms with E-state index in [1.807, 2.05) is 0 Å². The second-order valence-electron chi connectivity index (χ2n) is 9.26. The molecule has 0 aromatic heterocycles. The van der Waals surface area contributed by atoms with E-state index in [2.05, 4.69) is 125 Å². The lowest BCUT2D eigenvalue weighted by Crippen LogP contribution is -2.27. The molecule has 40 heavy (non-hydrogen) atoms. The highest BCUT2D eigenvalue weighted by Gasteiger charge is 2.46. The first kappa shape index (κ1) is 29.0. The van der Waals surface area contributed by atoms with Crippen molar-refractivity contribution in [2.24, 2.45) is 0 Å². The molecule has 4 aromatic rings. The molecule has 4 aromatic carbocycles. The molecule has 0 bridgehead atoms. The van der Waals surface area contributed by atoms with Gasteiger partial charge in [-0.3, -0.25) is 0 Å². The monoisotopic (exact) mass is 550 g/mol. The van der Waals surface area contributed by atoms with Gasteiger partial charge >= 0.3 is 7.25 Å². The van der Waals surface area contributed by atoms with Crippen molar-refractivity contribution >= 4 is 25.0 Å². The Labute approximate surface area is 232 Å². The Balaban J connectivity index is 0.000000681. The normalized spacial score (nSPS) is 16.8. The summed E-state index contributed by atoms with van der Waals surface area (Å²) in [6.07, 6.45) is 2.26. The van der Waals surface area contributed by atoms with E-state index in [0.29, 0.717) is 13.2 Å². The van der Waals surface area contributed by atoms with Crippen molar-refractivity contribution in [2.45, 2.75) is 25.3 Å². The molecule has 1 aliphatic rings. The van der Waals surface area contributed by atoms with Gasteiger partial charge in [-0.25, -0.2) is 9.48 Å². The third kappa shape index (κ3) is 7.17. The van der Waals surface area contributed by atoms with Crippen LogP contribution in [-0.2, 0) is 22.7 Å². The van der Waals surface area contributed by atoms with Crippen LogP contribution in [0.25, 0.3) is 0 Å². The number of nitrogens with zero attached hydrogens (tertiary/aromatic N) is 2. The number of methoxy groups -OCH3 is 2. The number of benzene rings is 4. The summed E-state index contributed by atoms with van der Waals surface area (Å²) in [5.41, 5.74) is 7.14. The minimum atomic E-state index is -6.00. The average molecular weight is 550 g/mol. The zero-order valence-corrected chi connectivity index (χ0v) is 22.3. The van der Waals surface area contributed by atoms with Crippen LogP contribution in [0.5, 0.6) is 0 Å².